The summed E-state index contributed by atoms with van der Waals surface area (Å²) in [4.78, 5) is 10.4. The lowest BCUT2D eigenvalue weighted by Crippen LogP contribution is -2.14. The van der Waals surface area contributed by atoms with Crippen molar-refractivity contribution in [2.45, 2.75) is 13.8 Å². The summed E-state index contributed by atoms with van der Waals surface area (Å²) in [6.45, 7) is 3.64. The Kier molecular flexibility index (Phi) is 3.22. The average molecular weight is 247 g/mol. The molecular weight excluding hydrogens is 234 g/mol. The molecule has 2 aromatic rings. The molecule has 2 aromatic heterocycles. The third kappa shape index (κ3) is 2.62. The van der Waals surface area contributed by atoms with E-state index in [2.05, 4.69) is 20.6 Å². The number of aromatic nitrogens is 4. The number of nitrogens with zero attached hydrogens (tertiary/aromatic N) is 4. The number of anilines is 1. The van der Waals surface area contributed by atoms with Crippen molar-refractivity contribution >= 4 is 11.8 Å². The van der Waals surface area contributed by atoms with Crippen LogP contribution < -0.4 is 5.32 Å². The molecule has 2 heterocycles. The van der Waals surface area contributed by atoms with Crippen molar-refractivity contribution in [2.75, 3.05) is 11.9 Å². The van der Waals surface area contributed by atoms with Crippen LogP contribution in [0.3, 0.4) is 0 Å². The average Bonchev–Trinajstić information content (AvgIpc) is 2.66. The van der Waals surface area contributed by atoms with E-state index in [1.54, 1.807) is 16.8 Å². The fraction of sp³-hybridized carbons (Fsp3) is 0.273. The Bertz CT molecular complexity index is 561. The van der Waals surface area contributed by atoms with E-state index in [0.717, 1.165) is 11.4 Å². The molecule has 7 heteroatoms. The van der Waals surface area contributed by atoms with E-state index >= 15 is 0 Å². The van der Waals surface area contributed by atoms with Crippen molar-refractivity contribution in [3.63, 3.8) is 0 Å². The lowest BCUT2D eigenvalue weighted by Gasteiger charge is -2.04. The summed E-state index contributed by atoms with van der Waals surface area (Å²) in [5.41, 5.74) is 1.87. The van der Waals surface area contributed by atoms with Crippen LogP contribution in [0, 0.1) is 13.8 Å². The van der Waals surface area contributed by atoms with E-state index in [-0.39, 0.29) is 6.54 Å². The summed E-state index contributed by atoms with van der Waals surface area (Å²) in [7, 11) is 0. The van der Waals surface area contributed by atoms with Crippen LogP contribution in [0.15, 0.2) is 18.2 Å². The maximum Gasteiger partial charge on any atom is 0.322 e. The molecule has 7 nitrogen and oxygen atoms in total. The molecule has 0 fully saturated rings. The number of carboxylic acid groups (broad SMARTS) is 1. The highest BCUT2D eigenvalue weighted by Gasteiger charge is 2.06. The molecule has 18 heavy (non-hydrogen) atoms. The van der Waals surface area contributed by atoms with Gasteiger partial charge in [0.25, 0.3) is 0 Å². The lowest BCUT2D eigenvalue weighted by atomic mass is 10.4. The quantitative estimate of drug-likeness (QED) is 0.829. The Morgan fingerprint density at radius 2 is 2.17 bits per heavy atom. The number of carbonyl (C=O) groups is 1. The number of rotatable bonds is 4. The number of aliphatic carboxylic acids is 1. The predicted octanol–water partition coefficient (Wildman–Crippen LogP) is 0.776. The van der Waals surface area contributed by atoms with Gasteiger partial charge in [-0.15, -0.1) is 10.2 Å². The highest BCUT2D eigenvalue weighted by molar-refractivity contribution is 5.72. The van der Waals surface area contributed by atoms with Crippen molar-refractivity contribution < 1.29 is 9.90 Å². The zero-order chi connectivity index (χ0) is 13.1. The molecule has 0 aliphatic carbocycles. The summed E-state index contributed by atoms with van der Waals surface area (Å²) >= 11 is 0. The predicted molar refractivity (Wildman–Crippen MR) is 64.8 cm³/mol. The topological polar surface area (TPSA) is 92.9 Å². The molecule has 0 aliphatic heterocycles. The van der Waals surface area contributed by atoms with Crippen molar-refractivity contribution in [1.29, 1.82) is 0 Å². The molecule has 2 N–H and O–H groups in total. The standard InChI is InChI=1S/C11H13N5O2/c1-7-5-8(2)16(15-7)10-4-3-9(13-14-10)12-6-11(17)18/h3-5H,6H2,1-2H3,(H,12,13)(H,17,18). The Labute approximate surface area is 103 Å². The third-order valence-electron chi connectivity index (χ3n) is 2.30. The minimum atomic E-state index is -0.945. The second-order valence-corrected chi connectivity index (χ2v) is 3.86. The fourth-order valence-electron chi connectivity index (χ4n) is 1.56. The van der Waals surface area contributed by atoms with Gasteiger partial charge in [-0.05, 0) is 32.0 Å². The molecule has 0 radical (unpaired) electrons. The van der Waals surface area contributed by atoms with Crippen LogP contribution >= 0.6 is 0 Å². The van der Waals surface area contributed by atoms with E-state index in [1.807, 2.05) is 19.9 Å². The summed E-state index contributed by atoms with van der Waals surface area (Å²) in [6, 6.07) is 5.34. The van der Waals surface area contributed by atoms with Crippen LogP contribution in [0.25, 0.3) is 5.82 Å². The third-order valence-corrected chi connectivity index (χ3v) is 2.30. The number of carboxylic acids is 1. The van der Waals surface area contributed by atoms with Gasteiger partial charge < -0.3 is 10.4 Å². The van der Waals surface area contributed by atoms with E-state index in [9.17, 15) is 4.79 Å². The molecule has 94 valence electrons. The van der Waals surface area contributed by atoms with Crippen molar-refractivity contribution in [2.24, 2.45) is 0 Å². The summed E-state index contributed by atoms with van der Waals surface area (Å²) in [6.07, 6.45) is 0. The Morgan fingerprint density at radius 3 is 2.67 bits per heavy atom. The zero-order valence-electron chi connectivity index (χ0n) is 10.1. The van der Waals surface area contributed by atoms with Gasteiger partial charge in [0, 0.05) is 5.69 Å². The van der Waals surface area contributed by atoms with Crippen LogP contribution in [0.4, 0.5) is 5.82 Å². The van der Waals surface area contributed by atoms with Crippen molar-refractivity contribution in [3.05, 3.63) is 29.6 Å². The van der Waals surface area contributed by atoms with E-state index in [4.69, 9.17) is 5.11 Å². The highest BCUT2D eigenvalue weighted by atomic mass is 16.4. The summed E-state index contributed by atoms with van der Waals surface area (Å²) in [5, 5.41) is 23.3. The van der Waals surface area contributed by atoms with Gasteiger partial charge in [-0.3, -0.25) is 4.79 Å². The van der Waals surface area contributed by atoms with Crippen LogP contribution in [0.2, 0.25) is 0 Å². The largest absolute Gasteiger partial charge is 0.480 e. The van der Waals surface area contributed by atoms with Gasteiger partial charge in [-0.2, -0.15) is 5.10 Å². The van der Waals surface area contributed by atoms with Crippen LogP contribution in [0.5, 0.6) is 0 Å². The van der Waals surface area contributed by atoms with Gasteiger partial charge in [0.05, 0.1) is 5.69 Å². The van der Waals surface area contributed by atoms with Crippen molar-refractivity contribution in [3.8, 4) is 5.82 Å². The van der Waals surface area contributed by atoms with Gasteiger partial charge >= 0.3 is 5.97 Å². The molecule has 0 aliphatic rings. The zero-order valence-corrected chi connectivity index (χ0v) is 10.1. The molecule has 0 bridgehead atoms. The summed E-state index contributed by atoms with van der Waals surface area (Å²) < 4.78 is 1.68. The molecular formula is C11H13N5O2. The Morgan fingerprint density at radius 1 is 1.39 bits per heavy atom. The molecule has 0 aromatic carbocycles. The van der Waals surface area contributed by atoms with Crippen LogP contribution in [0.1, 0.15) is 11.4 Å². The van der Waals surface area contributed by atoms with Crippen molar-refractivity contribution in [1.82, 2.24) is 20.0 Å². The molecule has 2 rings (SSSR count). The minimum absolute atomic E-state index is 0.187. The second kappa shape index (κ2) is 4.82. The van der Waals surface area contributed by atoms with Gasteiger partial charge in [0.2, 0.25) is 0 Å². The molecule has 0 atom stereocenters. The number of aryl methyl sites for hydroxylation is 2. The molecule has 0 saturated heterocycles. The lowest BCUT2D eigenvalue weighted by molar-refractivity contribution is -0.134. The van der Waals surface area contributed by atoms with E-state index in [1.165, 1.54) is 0 Å². The first-order valence-electron chi connectivity index (χ1n) is 5.39. The number of hydrogen-bond donors (Lipinski definition) is 2. The Balaban J connectivity index is 2.17. The first kappa shape index (κ1) is 12.0. The normalized spacial score (nSPS) is 10.3. The van der Waals surface area contributed by atoms with E-state index < -0.39 is 5.97 Å². The maximum atomic E-state index is 10.4. The molecule has 0 saturated carbocycles. The number of nitrogens with one attached hydrogen (secondary N) is 1. The number of hydrogen-bond acceptors (Lipinski definition) is 5. The molecule has 0 spiro atoms. The Hall–Kier alpha value is -2.44. The van der Waals surface area contributed by atoms with Gasteiger partial charge in [0.1, 0.15) is 12.4 Å². The van der Waals surface area contributed by atoms with Gasteiger partial charge in [-0.25, -0.2) is 4.68 Å². The second-order valence-electron chi connectivity index (χ2n) is 3.86. The SMILES string of the molecule is Cc1cc(C)n(-c2ccc(NCC(=O)O)nn2)n1. The smallest absolute Gasteiger partial charge is 0.322 e. The molecule has 0 unspecified atom stereocenters. The maximum absolute atomic E-state index is 10.4. The van der Waals surface area contributed by atoms with Crippen LogP contribution in [-0.4, -0.2) is 37.6 Å². The first-order chi connectivity index (χ1) is 8.56. The van der Waals surface area contributed by atoms with Crippen LogP contribution in [-0.2, 0) is 4.79 Å². The van der Waals surface area contributed by atoms with E-state index in [0.29, 0.717) is 11.6 Å². The van der Waals surface area contributed by atoms with Gasteiger partial charge in [-0.1, -0.05) is 0 Å². The highest BCUT2D eigenvalue weighted by Crippen LogP contribution is 2.10. The fourth-order valence-corrected chi connectivity index (χ4v) is 1.56. The monoisotopic (exact) mass is 247 g/mol. The minimum Gasteiger partial charge on any atom is -0.480 e. The van der Waals surface area contributed by atoms with Gasteiger partial charge in [0.15, 0.2) is 5.82 Å². The molecule has 0 amide bonds. The summed E-state index contributed by atoms with van der Waals surface area (Å²) in [5.74, 6) is 0.0728. The first-order valence-corrected chi connectivity index (χ1v) is 5.39.